The van der Waals surface area contributed by atoms with Gasteiger partial charge in [-0.15, -0.1) is 0 Å². The van der Waals surface area contributed by atoms with Crippen LogP contribution in [0.4, 0.5) is 0 Å². The highest BCUT2D eigenvalue weighted by Gasteiger charge is 2.26. The monoisotopic (exact) mass is 201 g/mol. The standard InChI is InChI=1S/C9H15NO4/c1-6(9(12)13-2)10-8(11)7-3-4-14-5-7/h6-7H,3-5H2,1-2H3,(H,10,11)/t6-,7+/m0/s1. The van der Waals surface area contributed by atoms with E-state index in [4.69, 9.17) is 4.74 Å². The number of rotatable bonds is 3. The van der Waals surface area contributed by atoms with E-state index >= 15 is 0 Å². The first-order valence-electron chi connectivity index (χ1n) is 4.61. The van der Waals surface area contributed by atoms with Crippen LogP contribution in [0.1, 0.15) is 13.3 Å². The van der Waals surface area contributed by atoms with Crippen LogP contribution in [0.15, 0.2) is 0 Å². The largest absolute Gasteiger partial charge is 0.467 e. The highest BCUT2D eigenvalue weighted by Crippen LogP contribution is 2.12. The molecule has 0 bridgehead atoms. The molecule has 1 fully saturated rings. The summed E-state index contributed by atoms with van der Waals surface area (Å²) >= 11 is 0. The predicted octanol–water partition coefficient (Wildman–Crippen LogP) is -0.299. The summed E-state index contributed by atoms with van der Waals surface area (Å²) in [5.41, 5.74) is 0. The number of carbonyl (C=O) groups is 2. The van der Waals surface area contributed by atoms with Gasteiger partial charge in [0.15, 0.2) is 0 Å². The fourth-order valence-electron chi connectivity index (χ4n) is 1.31. The number of nitrogens with one attached hydrogen (secondary N) is 1. The number of hydrogen-bond acceptors (Lipinski definition) is 4. The Morgan fingerprint density at radius 2 is 2.29 bits per heavy atom. The van der Waals surface area contributed by atoms with Gasteiger partial charge in [0.2, 0.25) is 5.91 Å². The molecule has 0 unspecified atom stereocenters. The zero-order valence-corrected chi connectivity index (χ0v) is 8.41. The molecular weight excluding hydrogens is 186 g/mol. The summed E-state index contributed by atoms with van der Waals surface area (Å²) in [7, 11) is 1.30. The van der Waals surface area contributed by atoms with Crippen LogP contribution >= 0.6 is 0 Å². The van der Waals surface area contributed by atoms with Crippen molar-refractivity contribution in [3.05, 3.63) is 0 Å². The molecule has 2 atom stereocenters. The van der Waals surface area contributed by atoms with Gasteiger partial charge in [-0.05, 0) is 13.3 Å². The maximum Gasteiger partial charge on any atom is 0.328 e. The fraction of sp³-hybridized carbons (Fsp3) is 0.778. The lowest BCUT2D eigenvalue weighted by Gasteiger charge is -2.13. The normalized spacial score (nSPS) is 22.9. The van der Waals surface area contributed by atoms with Crippen molar-refractivity contribution in [3.8, 4) is 0 Å². The molecule has 14 heavy (non-hydrogen) atoms. The Morgan fingerprint density at radius 3 is 2.79 bits per heavy atom. The molecule has 5 heteroatoms. The van der Waals surface area contributed by atoms with E-state index in [2.05, 4.69) is 10.1 Å². The lowest BCUT2D eigenvalue weighted by atomic mass is 10.1. The highest BCUT2D eigenvalue weighted by atomic mass is 16.5. The van der Waals surface area contributed by atoms with Crippen LogP contribution in [0.25, 0.3) is 0 Å². The Bertz CT molecular complexity index is 223. The predicted molar refractivity (Wildman–Crippen MR) is 48.5 cm³/mol. The molecule has 0 aliphatic carbocycles. The first-order valence-corrected chi connectivity index (χ1v) is 4.61. The van der Waals surface area contributed by atoms with E-state index in [1.165, 1.54) is 7.11 Å². The Labute approximate surface area is 82.8 Å². The van der Waals surface area contributed by atoms with Gasteiger partial charge in [0.05, 0.1) is 19.6 Å². The smallest absolute Gasteiger partial charge is 0.328 e. The Hall–Kier alpha value is -1.10. The summed E-state index contributed by atoms with van der Waals surface area (Å²) in [5.74, 6) is -0.695. The van der Waals surface area contributed by atoms with Gasteiger partial charge in [0.25, 0.3) is 0 Å². The molecule has 1 aliphatic heterocycles. The average molecular weight is 201 g/mol. The van der Waals surface area contributed by atoms with Crippen molar-refractivity contribution in [2.24, 2.45) is 5.92 Å². The lowest BCUT2D eigenvalue weighted by Crippen LogP contribution is -2.42. The van der Waals surface area contributed by atoms with E-state index in [-0.39, 0.29) is 11.8 Å². The summed E-state index contributed by atoms with van der Waals surface area (Å²) < 4.78 is 9.56. The van der Waals surface area contributed by atoms with Crippen molar-refractivity contribution in [2.75, 3.05) is 20.3 Å². The number of hydrogen-bond donors (Lipinski definition) is 1. The minimum absolute atomic E-state index is 0.123. The summed E-state index contributed by atoms with van der Waals surface area (Å²) in [5, 5.41) is 2.58. The van der Waals surface area contributed by atoms with Crippen molar-refractivity contribution >= 4 is 11.9 Å². The zero-order chi connectivity index (χ0) is 10.6. The summed E-state index contributed by atoms with van der Waals surface area (Å²) in [6.07, 6.45) is 0.722. The topological polar surface area (TPSA) is 64.6 Å². The first kappa shape index (κ1) is 11.0. The van der Waals surface area contributed by atoms with Gasteiger partial charge in [-0.1, -0.05) is 0 Å². The summed E-state index contributed by atoms with van der Waals surface area (Å²) in [6.45, 7) is 2.66. The third kappa shape index (κ3) is 2.70. The summed E-state index contributed by atoms with van der Waals surface area (Å²) in [4.78, 5) is 22.5. The van der Waals surface area contributed by atoms with Crippen molar-refractivity contribution in [2.45, 2.75) is 19.4 Å². The number of ether oxygens (including phenoxy) is 2. The molecule has 0 spiro atoms. The molecule has 80 valence electrons. The van der Waals surface area contributed by atoms with Gasteiger partial charge in [0.1, 0.15) is 6.04 Å². The molecule has 0 aromatic rings. The summed E-state index contributed by atoms with van der Waals surface area (Å²) in [6, 6.07) is -0.590. The Kier molecular flexibility index (Phi) is 3.88. The molecule has 1 rings (SSSR count). The number of esters is 1. The van der Waals surface area contributed by atoms with E-state index in [9.17, 15) is 9.59 Å². The molecule has 5 nitrogen and oxygen atoms in total. The van der Waals surface area contributed by atoms with Gasteiger partial charge in [-0.25, -0.2) is 4.79 Å². The average Bonchev–Trinajstić information content (AvgIpc) is 2.69. The minimum Gasteiger partial charge on any atom is -0.467 e. The van der Waals surface area contributed by atoms with E-state index in [1.807, 2.05) is 0 Å². The third-order valence-corrected chi connectivity index (χ3v) is 2.21. The van der Waals surface area contributed by atoms with Crippen LogP contribution in [0.2, 0.25) is 0 Å². The van der Waals surface area contributed by atoms with Crippen molar-refractivity contribution < 1.29 is 19.1 Å². The maximum atomic E-state index is 11.5. The third-order valence-electron chi connectivity index (χ3n) is 2.21. The van der Waals surface area contributed by atoms with Gasteiger partial charge >= 0.3 is 5.97 Å². The fourth-order valence-corrected chi connectivity index (χ4v) is 1.31. The van der Waals surface area contributed by atoms with Crippen molar-refractivity contribution in [1.82, 2.24) is 5.32 Å². The first-order chi connectivity index (χ1) is 6.65. The highest BCUT2D eigenvalue weighted by molar-refractivity contribution is 5.85. The van der Waals surface area contributed by atoms with Crippen LogP contribution in [0, 0.1) is 5.92 Å². The molecule has 0 aromatic carbocycles. The van der Waals surface area contributed by atoms with E-state index in [0.29, 0.717) is 13.2 Å². The molecule has 0 radical (unpaired) electrons. The number of methoxy groups -OCH3 is 1. The van der Waals surface area contributed by atoms with Crippen molar-refractivity contribution in [3.63, 3.8) is 0 Å². The second-order valence-electron chi connectivity index (χ2n) is 3.31. The second-order valence-corrected chi connectivity index (χ2v) is 3.31. The molecule has 0 saturated carbocycles. The number of amides is 1. The van der Waals surface area contributed by atoms with E-state index in [0.717, 1.165) is 6.42 Å². The van der Waals surface area contributed by atoms with Gasteiger partial charge < -0.3 is 14.8 Å². The molecule has 1 amide bonds. The minimum atomic E-state index is -0.590. The zero-order valence-electron chi connectivity index (χ0n) is 8.41. The van der Waals surface area contributed by atoms with Gasteiger partial charge in [0, 0.05) is 6.61 Å². The van der Waals surface area contributed by atoms with Crippen LogP contribution in [0.3, 0.4) is 0 Å². The van der Waals surface area contributed by atoms with Crippen molar-refractivity contribution in [1.29, 1.82) is 0 Å². The van der Waals surface area contributed by atoms with Crippen LogP contribution in [0.5, 0.6) is 0 Å². The second kappa shape index (κ2) is 4.95. The van der Waals surface area contributed by atoms with Crippen LogP contribution in [-0.2, 0) is 19.1 Å². The molecule has 1 saturated heterocycles. The Morgan fingerprint density at radius 1 is 1.57 bits per heavy atom. The molecule has 1 N–H and O–H groups in total. The molecule has 0 aromatic heterocycles. The quantitative estimate of drug-likeness (QED) is 0.637. The van der Waals surface area contributed by atoms with Gasteiger partial charge in [-0.2, -0.15) is 0 Å². The van der Waals surface area contributed by atoms with E-state index < -0.39 is 12.0 Å². The lowest BCUT2D eigenvalue weighted by molar-refractivity contribution is -0.145. The van der Waals surface area contributed by atoms with Gasteiger partial charge in [-0.3, -0.25) is 4.79 Å². The SMILES string of the molecule is COC(=O)[C@H](C)NC(=O)[C@@H]1CCOC1. The van der Waals surface area contributed by atoms with E-state index in [1.54, 1.807) is 6.92 Å². The Balaban J connectivity index is 2.35. The number of carbonyl (C=O) groups excluding carboxylic acids is 2. The molecular formula is C9H15NO4. The maximum absolute atomic E-state index is 11.5. The van der Waals surface area contributed by atoms with Crippen LogP contribution < -0.4 is 5.32 Å². The molecule has 1 heterocycles. The molecule has 1 aliphatic rings. The van der Waals surface area contributed by atoms with Crippen LogP contribution in [-0.4, -0.2) is 38.2 Å².